The van der Waals surface area contributed by atoms with Crippen LogP contribution in [0.5, 0.6) is 0 Å². The van der Waals surface area contributed by atoms with E-state index in [-0.39, 0.29) is 11.6 Å². The highest BCUT2D eigenvalue weighted by molar-refractivity contribution is 5.80. The van der Waals surface area contributed by atoms with Crippen LogP contribution in [0.3, 0.4) is 0 Å². The van der Waals surface area contributed by atoms with Crippen molar-refractivity contribution in [2.75, 3.05) is 6.54 Å². The van der Waals surface area contributed by atoms with Crippen LogP contribution < -0.4 is 11.0 Å². The fourth-order valence-corrected chi connectivity index (χ4v) is 4.04. The van der Waals surface area contributed by atoms with Crippen molar-refractivity contribution >= 4 is 27.8 Å². The number of para-hydroxylation sites is 3. The van der Waals surface area contributed by atoms with Crippen molar-refractivity contribution in [1.29, 1.82) is 0 Å². The Morgan fingerprint density at radius 2 is 1.53 bits per heavy atom. The molecule has 1 N–H and O–H groups in total. The maximum Gasteiger partial charge on any atom is 0.329 e. The van der Waals surface area contributed by atoms with Crippen molar-refractivity contribution in [3.8, 4) is 0 Å². The number of benzene rings is 2. The number of carbonyl (C=O) groups excluding carboxylic acids is 1. The van der Waals surface area contributed by atoms with Gasteiger partial charge >= 0.3 is 5.69 Å². The molecular weight excluding hydrogens is 376 g/mol. The third kappa shape index (κ3) is 4.03. The Morgan fingerprint density at radius 3 is 2.27 bits per heavy atom. The Bertz CT molecular complexity index is 1210. The Balaban J connectivity index is 1.31. The zero-order valence-electron chi connectivity index (χ0n) is 17.4. The van der Waals surface area contributed by atoms with Gasteiger partial charge in [-0.2, -0.15) is 0 Å². The van der Waals surface area contributed by atoms with Gasteiger partial charge in [0, 0.05) is 44.3 Å². The summed E-state index contributed by atoms with van der Waals surface area (Å²) >= 11 is 0. The first-order valence-electron chi connectivity index (χ1n) is 10.7. The first-order chi connectivity index (χ1) is 14.7. The maximum atomic E-state index is 12.8. The quantitative estimate of drug-likeness (QED) is 0.432. The van der Waals surface area contributed by atoms with Crippen LogP contribution in [0.25, 0.3) is 21.9 Å². The number of carbonyl (C=O) groups is 1. The van der Waals surface area contributed by atoms with Gasteiger partial charge in [0.05, 0.1) is 11.0 Å². The van der Waals surface area contributed by atoms with Crippen LogP contribution in [0.15, 0.2) is 65.6 Å². The lowest BCUT2D eigenvalue weighted by molar-refractivity contribution is -0.121. The minimum atomic E-state index is -0.0367. The average molecular weight is 405 g/mol. The van der Waals surface area contributed by atoms with E-state index < -0.39 is 0 Å². The smallest absolute Gasteiger partial charge is 0.329 e. The molecule has 0 spiro atoms. The van der Waals surface area contributed by atoms with Gasteiger partial charge in [-0.15, -0.1) is 0 Å². The van der Waals surface area contributed by atoms with Crippen LogP contribution in [0.1, 0.15) is 26.2 Å². The molecule has 156 valence electrons. The summed E-state index contributed by atoms with van der Waals surface area (Å²) in [6.07, 6.45) is 4.14. The molecule has 0 aliphatic carbocycles. The van der Waals surface area contributed by atoms with Gasteiger partial charge in [-0.05, 0) is 42.5 Å². The SMILES string of the molecule is CCCn1c(=O)n(CCC(=O)NCCCn2ccc3ccccc32)c2ccccc21. The molecule has 0 aliphatic heterocycles. The van der Waals surface area contributed by atoms with Crippen molar-refractivity contribution in [2.24, 2.45) is 0 Å². The zero-order chi connectivity index (χ0) is 20.9. The molecule has 6 heteroatoms. The molecule has 0 saturated heterocycles. The summed E-state index contributed by atoms with van der Waals surface area (Å²) in [5, 5.41) is 4.22. The van der Waals surface area contributed by atoms with Crippen LogP contribution in [-0.4, -0.2) is 26.2 Å². The molecule has 4 aromatic rings. The monoisotopic (exact) mass is 404 g/mol. The maximum absolute atomic E-state index is 12.8. The second-order valence-corrected chi connectivity index (χ2v) is 7.60. The van der Waals surface area contributed by atoms with E-state index in [0.29, 0.717) is 26.1 Å². The van der Waals surface area contributed by atoms with E-state index in [4.69, 9.17) is 0 Å². The lowest BCUT2D eigenvalue weighted by Gasteiger charge is -2.08. The van der Waals surface area contributed by atoms with E-state index in [1.54, 1.807) is 9.13 Å². The largest absolute Gasteiger partial charge is 0.356 e. The molecule has 6 nitrogen and oxygen atoms in total. The number of aryl methyl sites for hydroxylation is 3. The molecule has 0 saturated carbocycles. The Hall–Kier alpha value is -3.28. The van der Waals surface area contributed by atoms with Crippen molar-refractivity contribution in [2.45, 2.75) is 45.8 Å². The summed E-state index contributed by atoms with van der Waals surface area (Å²) in [6, 6.07) is 18.2. The second kappa shape index (κ2) is 9.03. The molecule has 0 unspecified atom stereocenters. The van der Waals surface area contributed by atoms with Crippen molar-refractivity contribution in [3.05, 3.63) is 71.3 Å². The standard InChI is InChI=1S/C24H28N4O2/c1-2-15-27-21-10-5-6-11-22(21)28(24(27)30)18-13-23(29)25-14-7-16-26-17-12-19-8-3-4-9-20(19)26/h3-6,8-12,17H,2,7,13-16,18H2,1H3,(H,25,29). The fraction of sp³-hybridized carbons (Fsp3) is 0.333. The summed E-state index contributed by atoms with van der Waals surface area (Å²) in [4.78, 5) is 25.1. The Kier molecular flexibility index (Phi) is 6.02. The van der Waals surface area contributed by atoms with Gasteiger partial charge in [-0.1, -0.05) is 37.3 Å². The lowest BCUT2D eigenvalue weighted by atomic mass is 10.2. The zero-order valence-corrected chi connectivity index (χ0v) is 17.4. The van der Waals surface area contributed by atoms with Gasteiger partial charge in [0.1, 0.15) is 0 Å². The van der Waals surface area contributed by atoms with E-state index in [1.165, 1.54) is 10.9 Å². The van der Waals surface area contributed by atoms with Crippen LogP contribution in [0.2, 0.25) is 0 Å². The number of fused-ring (bicyclic) bond motifs is 2. The van der Waals surface area contributed by atoms with E-state index in [2.05, 4.69) is 41.2 Å². The number of hydrogen-bond donors (Lipinski definition) is 1. The molecule has 2 heterocycles. The summed E-state index contributed by atoms with van der Waals surface area (Å²) < 4.78 is 5.73. The average Bonchev–Trinajstić information content (AvgIpc) is 3.29. The van der Waals surface area contributed by atoms with Gasteiger partial charge < -0.3 is 9.88 Å². The Labute approximate surface area is 175 Å². The Morgan fingerprint density at radius 1 is 0.867 bits per heavy atom. The number of amides is 1. The highest BCUT2D eigenvalue weighted by atomic mass is 16.2. The summed E-state index contributed by atoms with van der Waals surface area (Å²) in [5.74, 6) is -0.0217. The molecule has 4 rings (SSSR count). The first-order valence-corrected chi connectivity index (χ1v) is 10.7. The predicted molar refractivity (Wildman–Crippen MR) is 121 cm³/mol. The normalized spacial score (nSPS) is 11.4. The number of nitrogens with zero attached hydrogens (tertiary/aromatic N) is 3. The summed E-state index contributed by atoms with van der Waals surface area (Å²) in [7, 11) is 0. The second-order valence-electron chi connectivity index (χ2n) is 7.60. The molecule has 0 atom stereocenters. The molecule has 0 aliphatic rings. The first kappa shape index (κ1) is 20.0. The van der Waals surface area contributed by atoms with Gasteiger partial charge in [0.25, 0.3) is 0 Å². The number of nitrogens with one attached hydrogen (secondary N) is 1. The minimum Gasteiger partial charge on any atom is -0.356 e. The number of imidazole rings is 1. The number of rotatable bonds is 9. The van der Waals surface area contributed by atoms with Crippen molar-refractivity contribution in [3.63, 3.8) is 0 Å². The molecule has 0 radical (unpaired) electrons. The van der Waals surface area contributed by atoms with Crippen LogP contribution >= 0.6 is 0 Å². The number of aromatic nitrogens is 3. The predicted octanol–water partition coefficient (Wildman–Crippen LogP) is 3.76. The van der Waals surface area contributed by atoms with E-state index in [1.807, 2.05) is 36.4 Å². The lowest BCUT2D eigenvalue weighted by Crippen LogP contribution is -2.29. The van der Waals surface area contributed by atoms with Gasteiger partial charge in [0.15, 0.2) is 0 Å². The minimum absolute atomic E-state index is 0.0217. The summed E-state index contributed by atoms with van der Waals surface area (Å²) in [5.41, 5.74) is 3.00. The fourth-order valence-electron chi connectivity index (χ4n) is 4.04. The van der Waals surface area contributed by atoms with Gasteiger partial charge in [0.2, 0.25) is 5.91 Å². The van der Waals surface area contributed by atoms with E-state index >= 15 is 0 Å². The molecule has 0 fully saturated rings. The van der Waals surface area contributed by atoms with Crippen molar-refractivity contribution < 1.29 is 4.79 Å². The number of hydrogen-bond acceptors (Lipinski definition) is 2. The van der Waals surface area contributed by atoms with Crippen LogP contribution in [0, 0.1) is 0 Å². The van der Waals surface area contributed by atoms with Gasteiger partial charge in [-0.25, -0.2) is 4.79 Å². The highest BCUT2D eigenvalue weighted by Gasteiger charge is 2.13. The third-order valence-corrected chi connectivity index (χ3v) is 5.51. The van der Waals surface area contributed by atoms with Crippen molar-refractivity contribution in [1.82, 2.24) is 19.0 Å². The third-order valence-electron chi connectivity index (χ3n) is 5.51. The van der Waals surface area contributed by atoms with E-state index in [0.717, 1.165) is 30.4 Å². The molecule has 30 heavy (non-hydrogen) atoms. The van der Waals surface area contributed by atoms with Gasteiger partial charge in [-0.3, -0.25) is 13.9 Å². The molecular formula is C24H28N4O2. The molecule has 1 amide bonds. The molecule has 2 aromatic heterocycles. The van der Waals surface area contributed by atoms with E-state index in [9.17, 15) is 9.59 Å². The molecule has 2 aromatic carbocycles. The highest BCUT2D eigenvalue weighted by Crippen LogP contribution is 2.15. The molecule has 0 bridgehead atoms. The van der Waals surface area contributed by atoms with Crippen LogP contribution in [0.4, 0.5) is 0 Å². The van der Waals surface area contributed by atoms with Crippen LogP contribution in [-0.2, 0) is 24.4 Å². The summed E-state index contributed by atoms with van der Waals surface area (Å²) in [6.45, 7) is 4.62. The topological polar surface area (TPSA) is 61.0 Å².